The van der Waals surface area contributed by atoms with E-state index in [1.807, 2.05) is 6.08 Å². The second-order valence-corrected chi connectivity index (χ2v) is 8.55. The summed E-state index contributed by atoms with van der Waals surface area (Å²) in [6.45, 7) is 1.68. The fraction of sp³-hybridized carbons (Fsp3) is 0.800. The van der Waals surface area contributed by atoms with Crippen LogP contribution in [0.1, 0.15) is 64.7 Å². The van der Waals surface area contributed by atoms with Crippen molar-refractivity contribution in [2.45, 2.75) is 70.8 Å². The van der Waals surface area contributed by atoms with E-state index in [9.17, 15) is 14.7 Å². The number of rotatable bonds is 2. The summed E-state index contributed by atoms with van der Waals surface area (Å²) in [6.07, 6.45) is 10.2. The van der Waals surface area contributed by atoms with Gasteiger partial charge >= 0.3 is 0 Å². The molecule has 3 saturated carbocycles. The number of Topliss-reactive ketones (excluding diaryl/α,β-unsaturated/α-hetero) is 1. The van der Waals surface area contributed by atoms with Gasteiger partial charge in [0.05, 0.1) is 6.10 Å². The fourth-order valence-electron chi connectivity index (χ4n) is 6.76. The van der Waals surface area contributed by atoms with Gasteiger partial charge in [0.15, 0.2) is 5.78 Å². The molecule has 23 heavy (non-hydrogen) atoms. The summed E-state index contributed by atoms with van der Waals surface area (Å²) in [4.78, 5) is 23.6. The molecule has 0 aromatic rings. The fourth-order valence-corrected chi connectivity index (χ4v) is 6.76. The Morgan fingerprint density at radius 3 is 2.78 bits per heavy atom. The Hall–Kier alpha value is -0.960. The van der Waals surface area contributed by atoms with E-state index in [1.54, 1.807) is 6.92 Å². The predicted octanol–water partition coefficient (Wildman–Crippen LogP) is 3.45. The van der Waals surface area contributed by atoms with Gasteiger partial charge in [0.2, 0.25) is 0 Å². The molecule has 3 nitrogen and oxygen atoms in total. The van der Waals surface area contributed by atoms with Gasteiger partial charge in [0, 0.05) is 18.3 Å². The van der Waals surface area contributed by atoms with Crippen molar-refractivity contribution in [3.63, 3.8) is 0 Å². The van der Waals surface area contributed by atoms with Gasteiger partial charge in [0.1, 0.15) is 5.78 Å². The first kappa shape index (κ1) is 15.6. The SMILES string of the molecule is CC(=O)C[C@]12CC[C@H]3[C@@H](CCC4=CC(=O)CC[C@@H]43)[C@@H]1CCC2O. The van der Waals surface area contributed by atoms with Gasteiger partial charge in [0.25, 0.3) is 0 Å². The maximum Gasteiger partial charge on any atom is 0.155 e. The van der Waals surface area contributed by atoms with Gasteiger partial charge < -0.3 is 9.90 Å². The molecule has 126 valence electrons. The van der Waals surface area contributed by atoms with Gasteiger partial charge in [-0.1, -0.05) is 5.57 Å². The maximum atomic E-state index is 11.9. The third-order valence-electron chi connectivity index (χ3n) is 7.55. The summed E-state index contributed by atoms with van der Waals surface area (Å²) >= 11 is 0. The van der Waals surface area contributed by atoms with Crippen molar-refractivity contribution in [1.82, 2.24) is 0 Å². The third-order valence-corrected chi connectivity index (χ3v) is 7.55. The standard InChI is InChI=1S/C20H28O3/c1-12(21)11-20-9-8-16-15-5-3-14(22)10-13(15)2-4-17(16)18(20)6-7-19(20)23/h10,15-19,23H,2-9,11H2,1H3/t15-,16+,17+,18-,19?,20+/m0/s1. The van der Waals surface area contributed by atoms with Crippen molar-refractivity contribution >= 4 is 11.6 Å². The van der Waals surface area contributed by atoms with E-state index >= 15 is 0 Å². The Bertz CT molecular complexity index is 563. The molecule has 1 N–H and O–H groups in total. The monoisotopic (exact) mass is 316 g/mol. The minimum absolute atomic E-state index is 0.140. The Labute approximate surface area is 138 Å². The Morgan fingerprint density at radius 1 is 1.17 bits per heavy atom. The molecule has 0 radical (unpaired) electrons. The molecule has 0 heterocycles. The van der Waals surface area contributed by atoms with Gasteiger partial charge in [-0.25, -0.2) is 0 Å². The van der Waals surface area contributed by atoms with Crippen molar-refractivity contribution in [2.24, 2.45) is 29.1 Å². The van der Waals surface area contributed by atoms with Crippen LogP contribution in [-0.2, 0) is 9.59 Å². The molecule has 3 heteroatoms. The highest BCUT2D eigenvalue weighted by atomic mass is 16.3. The van der Waals surface area contributed by atoms with E-state index in [0.717, 1.165) is 44.9 Å². The van der Waals surface area contributed by atoms with Crippen molar-refractivity contribution < 1.29 is 14.7 Å². The van der Waals surface area contributed by atoms with Gasteiger partial charge in [-0.2, -0.15) is 0 Å². The summed E-state index contributed by atoms with van der Waals surface area (Å²) < 4.78 is 0. The number of fused-ring (bicyclic) bond motifs is 5. The lowest BCUT2D eigenvalue weighted by atomic mass is 9.51. The molecular weight excluding hydrogens is 288 g/mol. The average molecular weight is 316 g/mol. The zero-order valence-corrected chi connectivity index (χ0v) is 14.1. The molecule has 0 aliphatic heterocycles. The highest BCUT2D eigenvalue weighted by Crippen LogP contribution is 2.63. The maximum absolute atomic E-state index is 11.9. The molecule has 0 aromatic heterocycles. The minimum atomic E-state index is -0.290. The van der Waals surface area contributed by atoms with Crippen molar-refractivity contribution in [3.05, 3.63) is 11.6 Å². The van der Waals surface area contributed by atoms with Gasteiger partial charge in [-0.15, -0.1) is 0 Å². The molecule has 1 unspecified atom stereocenters. The Balaban J connectivity index is 1.63. The minimum Gasteiger partial charge on any atom is -0.393 e. The number of carbonyl (C=O) groups is 2. The van der Waals surface area contributed by atoms with Crippen LogP contribution in [0.4, 0.5) is 0 Å². The molecule has 0 saturated heterocycles. The summed E-state index contributed by atoms with van der Waals surface area (Å²) in [6, 6.07) is 0. The first-order valence-corrected chi connectivity index (χ1v) is 9.42. The van der Waals surface area contributed by atoms with Crippen LogP contribution < -0.4 is 0 Å². The second kappa shape index (κ2) is 5.54. The zero-order chi connectivity index (χ0) is 16.2. The molecule has 0 bridgehead atoms. The van der Waals surface area contributed by atoms with Crippen molar-refractivity contribution in [3.8, 4) is 0 Å². The smallest absolute Gasteiger partial charge is 0.155 e. The first-order valence-electron chi connectivity index (χ1n) is 9.42. The Kier molecular flexibility index (Phi) is 3.75. The number of aliphatic hydroxyl groups is 1. The highest BCUT2D eigenvalue weighted by molar-refractivity contribution is 5.91. The van der Waals surface area contributed by atoms with Crippen LogP contribution in [0.3, 0.4) is 0 Å². The number of carbonyl (C=O) groups excluding carboxylic acids is 2. The number of allylic oxidation sites excluding steroid dienone is 1. The largest absolute Gasteiger partial charge is 0.393 e. The summed E-state index contributed by atoms with van der Waals surface area (Å²) in [5.41, 5.74) is 1.26. The third kappa shape index (κ3) is 2.34. The van der Waals surface area contributed by atoms with Crippen LogP contribution in [0.15, 0.2) is 11.6 Å². The van der Waals surface area contributed by atoms with E-state index < -0.39 is 0 Å². The number of aliphatic hydroxyl groups excluding tert-OH is 1. The van der Waals surface area contributed by atoms with Crippen LogP contribution in [0.2, 0.25) is 0 Å². The molecule has 4 aliphatic rings. The number of ketones is 2. The van der Waals surface area contributed by atoms with E-state index in [4.69, 9.17) is 0 Å². The molecule has 3 fully saturated rings. The average Bonchev–Trinajstić information content (AvgIpc) is 2.83. The number of hydrogen-bond acceptors (Lipinski definition) is 3. The van der Waals surface area contributed by atoms with Crippen LogP contribution in [0.5, 0.6) is 0 Å². The molecule has 0 amide bonds. The summed E-state index contributed by atoms with van der Waals surface area (Å²) in [7, 11) is 0. The van der Waals surface area contributed by atoms with Gasteiger partial charge in [-0.3, -0.25) is 4.79 Å². The van der Waals surface area contributed by atoms with E-state index in [2.05, 4.69) is 0 Å². The van der Waals surface area contributed by atoms with E-state index in [0.29, 0.717) is 42.3 Å². The lowest BCUT2D eigenvalue weighted by Gasteiger charge is -2.54. The van der Waals surface area contributed by atoms with Crippen LogP contribution in [-0.4, -0.2) is 22.8 Å². The first-order chi connectivity index (χ1) is 11.0. The predicted molar refractivity (Wildman–Crippen MR) is 87.7 cm³/mol. The van der Waals surface area contributed by atoms with Crippen LogP contribution >= 0.6 is 0 Å². The van der Waals surface area contributed by atoms with E-state index in [-0.39, 0.29) is 17.3 Å². The second-order valence-electron chi connectivity index (χ2n) is 8.55. The highest BCUT2D eigenvalue weighted by Gasteiger charge is 2.58. The van der Waals surface area contributed by atoms with Crippen LogP contribution in [0.25, 0.3) is 0 Å². The summed E-state index contributed by atoms with van der Waals surface area (Å²) in [5.74, 6) is 2.98. The Morgan fingerprint density at radius 2 is 2.00 bits per heavy atom. The molecule has 6 atom stereocenters. The quantitative estimate of drug-likeness (QED) is 0.849. The summed E-state index contributed by atoms with van der Waals surface area (Å²) in [5, 5.41) is 10.7. The number of hydrogen-bond donors (Lipinski definition) is 1. The lowest BCUT2D eigenvalue weighted by molar-refractivity contribution is -0.128. The topological polar surface area (TPSA) is 54.4 Å². The van der Waals surface area contributed by atoms with Crippen molar-refractivity contribution in [1.29, 1.82) is 0 Å². The molecular formula is C20H28O3. The molecule has 4 aliphatic carbocycles. The molecule has 0 aromatic carbocycles. The van der Waals surface area contributed by atoms with Crippen LogP contribution in [0, 0.1) is 29.1 Å². The molecule has 4 rings (SSSR count). The van der Waals surface area contributed by atoms with Gasteiger partial charge in [-0.05, 0) is 81.6 Å². The lowest BCUT2D eigenvalue weighted by Crippen LogP contribution is -2.49. The normalized spacial score (nSPS) is 45.7. The zero-order valence-electron chi connectivity index (χ0n) is 14.1. The van der Waals surface area contributed by atoms with Crippen molar-refractivity contribution in [2.75, 3.05) is 0 Å². The molecule has 0 spiro atoms. The van der Waals surface area contributed by atoms with E-state index in [1.165, 1.54) is 5.57 Å².